The van der Waals surface area contributed by atoms with Crippen molar-refractivity contribution < 1.29 is 30.0 Å². The lowest BCUT2D eigenvalue weighted by Gasteiger charge is -2.42. The molecule has 3 rings (SSSR count). The molecule has 4 atom stereocenters. The number of nitrogens with zero attached hydrogens (tertiary/aromatic N) is 3. The molecular weight excluding hydrogens is 418 g/mol. The summed E-state index contributed by atoms with van der Waals surface area (Å²) in [4.78, 5) is 35.0. The third-order valence-corrected chi connectivity index (χ3v) is 6.20. The van der Waals surface area contributed by atoms with E-state index in [0.717, 1.165) is 32.1 Å². The second kappa shape index (κ2) is 11.9. The predicted octanol–water partition coefficient (Wildman–Crippen LogP) is 0.812. The van der Waals surface area contributed by atoms with Gasteiger partial charge in [-0.15, -0.1) is 10.2 Å². The summed E-state index contributed by atoms with van der Waals surface area (Å²) in [7, 11) is 0. The SMILES string of the molecule is [2H][C@@]1(C(=O)OCC(COC(C)=O)COC(C)=O)C[C@H]2C[C@@H](CCc3nn[nH]n3)CC[C@H]2CN1. The van der Waals surface area contributed by atoms with Crippen LogP contribution in [0.5, 0.6) is 0 Å². The number of aromatic amines is 1. The Hall–Kier alpha value is -2.56. The quantitative estimate of drug-likeness (QED) is 0.386. The summed E-state index contributed by atoms with van der Waals surface area (Å²) in [5, 5.41) is 17.1. The van der Waals surface area contributed by atoms with Crippen molar-refractivity contribution in [3.8, 4) is 0 Å². The Morgan fingerprint density at radius 2 is 1.78 bits per heavy atom. The van der Waals surface area contributed by atoms with E-state index in [1.54, 1.807) is 0 Å². The largest absolute Gasteiger partial charge is 0.465 e. The molecule has 2 aliphatic rings. The van der Waals surface area contributed by atoms with Crippen LogP contribution in [-0.4, -0.2) is 70.9 Å². The van der Waals surface area contributed by atoms with Gasteiger partial charge in [0.15, 0.2) is 5.82 Å². The molecule has 0 bridgehead atoms. The lowest BCUT2D eigenvalue weighted by Crippen LogP contribution is -2.50. The van der Waals surface area contributed by atoms with Crippen LogP contribution in [0.1, 0.15) is 53.1 Å². The van der Waals surface area contributed by atoms with Crippen LogP contribution in [0.2, 0.25) is 0 Å². The van der Waals surface area contributed by atoms with Crippen LogP contribution in [0, 0.1) is 23.7 Å². The Labute approximate surface area is 188 Å². The first-order chi connectivity index (χ1) is 15.7. The van der Waals surface area contributed by atoms with Crippen molar-refractivity contribution in [2.75, 3.05) is 26.4 Å². The molecule has 0 spiro atoms. The van der Waals surface area contributed by atoms with Crippen molar-refractivity contribution in [2.45, 2.75) is 58.4 Å². The highest BCUT2D eigenvalue weighted by Crippen LogP contribution is 2.40. The summed E-state index contributed by atoms with van der Waals surface area (Å²) in [5.41, 5.74) is 0. The standard InChI is InChI=1S/C21H33N5O6/c1-13(27)30-10-16(11-31-14(2)28)12-32-21(29)19-8-18-7-15(3-5-17(18)9-22-19)4-6-20-23-25-26-24-20/h15-19,22H,3-12H2,1-2H3,(H,23,24,25,26)/t15-,17+,18-,19+/m1/s1/i19D. The van der Waals surface area contributed by atoms with Gasteiger partial charge in [-0.05, 0) is 50.0 Å². The summed E-state index contributed by atoms with van der Waals surface area (Å²) in [5.74, 6) is -0.194. The number of fused-ring (bicyclic) bond motifs is 1. The summed E-state index contributed by atoms with van der Waals surface area (Å²) in [6.07, 6.45) is 5.24. The van der Waals surface area contributed by atoms with Crippen molar-refractivity contribution in [1.29, 1.82) is 0 Å². The second-order valence-electron chi connectivity index (χ2n) is 8.70. The summed E-state index contributed by atoms with van der Waals surface area (Å²) >= 11 is 0. The van der Waals surface area contributed by atoms with Crippen LogP contribution in [0.25, 0.3) is 0 Å². The molecule has 1 aromatic heterocycles. The van der Waals surface area contributed by atoms with Crippen molar-refractivity contribution in [3.05, 3.63) is 5.82 Å². The molecule has 11 nitrogen and oxygen atoms in total. The predicted molar refractivity (Wildman–Crippen MR) is 111 cm³/mol. The van der Waals surface area contributed by atoms with Crippen LogP contribution in [0.3, 0.4) is 0 Å². The maximum absolute atomic E-state index is 12.8. The summed E-state index contributed by atoms with van der Waals surface area (Å²) in [6.45, 7) is 2.96. The molecule has 2 N–H and O–H groups in total. The van der Waals surface area contributed by atoms with Gasteiger partial charge in [-0.2, -0.15) is 5.21 Å². The fraction of sp³-hybridized carbons (Fsp3) is 0.810. The van der Waals surface area contributed by atoms with Gasteiger partial charge in [0.25, 0.3) is 0 Å². The molecule has 178 valence electrons. The number of carbonyl (C=O) groups is 3. The number of hydrogen-bond acceptors (Lipinski definition) is 10. The molecule has 0 amide bonds. The fourth-order valence-electron chi connectivity index (χ4n) is 4.47. The molecule has 1 aromatic rings. The Kier molecular flexibility index (Phi) is 8.41. The number of aromatic nitrogens is 4. The van der Waals surface area contributed by atoms with E-state index in [2.05, 4.69) is 25.9 Å². The third-order valence-electron chi connectivity index (χ3n) is 6.20. The molecule has 0 aromatic carbocycles. The first-order valence-electron chi connectivity index (χ1n) is 11.7. The van der Waals surface area contributed by atoms with Crippen molar-refractivity contribution >= 4 is 17.9 Å². The number of carbonyl (C=O) groups excluding carboxylic acids is 3. The molecule has 11 heteroatoms. The highest BCUT2D eigenvalue weighted by Gasteiger charge is 2.38. The van der Waals surface area contributed by atoms with E-state index in [4.69, 9.17) is 15.6 Å². The zero-order valence-electron chi connectivity index (χ0n) is 19.7. The van der Waals surface area contributed by atoms with Crippen LogP contribution in [-0.2, 0) is 35.0 Å². The number of tetrazole rings is 1. The lowest BCUT2D eigenvalue weighted by molar-refractivity contribution is -0.154. The normalized spacial score (nSPS) is 27.8. The van der Waals surface area contributed by atoms with Crippen LogP contribution >= 0.6 is 0 Å². The maximum Gasteiger partial charge on any atom is 0.323 e. The Balaban J connectivity index is 1.50. The van der Waals surface area contributed by atoms with Gasteiger partial charge in [-0.1, -0.05) is 11.6 Å². The lowest BCUT2D eigenvalue weighted by atomic mass is 9.69. The summed E-state index contributed by atoms with van der Waals surface area (Å²) < 4.78 is 24.1. The zero-order valence-corrected chi connectivity index (χ0v) is 18.7. The number of H-pyrrole nitrogens is 1. The van der Waals surface area contributed by atoms with Gasteiger partial charge in [0, 0.05) is 20.3 Å². The van der Waals surface area contributed by atoms with Crippen molar-refractivity contribution in [3.63, 3.8) is 0 Å². The van der Waals surface area contributed by atoms with Gasteiger partial charge >= 0.3 is 17.9 Å². The minimum absolute atomic E-state index is 0.0406. The van der Waals surface area contributed by atoms with Gasteiger partial charge in [0.1, 0.15) is 25.8 Å². The number of piperidine rings is 1. The average Bonchev–Trinajstić information content (AvgIpc) is 3.30. The van der Waals surface area contributed by atoms with Gasteiger partial charge in [-0.25, -0.2) is 0 Å². The van der Waals surface area contributed by atoms with Crippen LogP contribution in [0.4, 0.5) is 0 Å². The second-order valence-corrected chi connectivity index (χ2v) is 8.70. The van der Waals surface area contributed by atoms with E-state index in [1.165, 1.54) is 13.8 Å². The number of aryl methyl sites for hydroxylation is 1. The number of hydrogen-bond donors (Lipinski definition) is 2. The molecule has 1 aliphatic heterocycles. The minimum Gasteiger partial charge on any atom is -0.465 e. The van der Waals surface area contributed by atoms with E-state index in [9.17, 15) is 14.4 Å². The Morgan fingerprint density at radius 3 is 2.44 bits per heavy atom. The fourth-order valence-corrected chi connectivity index (χ4v) is 4.47. The molecule has 2 fully saturated rings. The van der Waals surface area contributed by atoms with Crippen molar-refractivity contribution in [1.82, 2.24) is 25.9 Å². The van der Waals surface area contributed by atoms with E-state index in [1.807, 2.05) is 0 Å². The molecule has 1 aliphatic carbocycles. The summed E-state index contributed by atoms with van der Waals surface area (Å²) in [6, 6.07) is -1.52. The van der Waals surface area contributed by atoms with Crippen LogP contribution < -0.4 is 5.32 Å². The van der Waals surface area contributed by atoms with Gasteiger partial charge < -0.3 is 19.5 Å². The molecule has 0 radical (unpaired) electrons. The van der Waals surface area contributed by atoms with E-state index in [-0.39, 0.29) is 25.7 Å². The van der Waals surface area contributed by atoms with E-state index in [0.29, 0.717) is 30.6 Å². The molecule has 32 heavy (non-hydrogen) atoms. The number of nitrogens with one attached hydrogen (secondary N) is 2. The molecule has 1 saturated heterocycles. The third kappa shape index (κ3) is 7.54. The monoisotopic (exact) mass is 452 g/mol. The van der Waals surface area contributed by atoms with Gasteiger partial charge in [-0.3, -0.25) is 14.4 Å². The van der Waals surface area contributed by atoms with Crippen LogP contribution in [0.15, 0.2) is 0 Å². The molecule has 1 saturated carbocycles. The maximum atomic E-state index is 12.8. The number of esters is 3. The topological polar surface area (TPSA) is 145 Å². The van der Waals surface area contributed by atoms with E-state index < -0.39 is 29.8 Å². The van der Waals surface area contributed by atoms with E-state index >= 15 is 0 Å². The highest BCUT2D eigenvalue weighted by molar-refractivity contribution is 5.76. The van der Waals surface area contributed by atoms with Gasteiger partial charge in [0.2, 0.25) is 0 Å². The van der Waals surface area contributed by atoms with Crippen molar-refractivity contribution in [2.24, 2.45) is 23.7 Å². The molecular formula is C21H33N5O6. The molecule has 2 heterocycles. The highest BCUT2D eigenvalue weighted by atomic mass is 16.6. The first-order valence-corrected chi connectivity index (χ1v) is 11.2. The molecule has 0 unspecified atom stereocenters. The smallest absolute Gasteiger partial charge is 0.323 e. The Bertz CT molecular complexity index is 791. The Morgan fingerprint density at radius 1 is 1.06 bits per heavy atom. The zero-order chi connectivity index (χ0) is 23.8. The average molecular weight is 453 g/mol. The number of ether oxygens (including phenoxy) is 3. The first kappa shape index (κ1) is 22.6. The minimum atomic E-state index is -1.52. The van der Waals surface area contributed by atoms with Gasteiger partial charge in [0.05, 0.1) is 7.29 Å². The number of rotatable bonds is 10.